The Balaban J connectivity index is 1.25. The maximum Gasteiger partial charge on any atom is 0.316 e. The molecule has 0 spiro atoms. The lowest BCUT2D eigenvalue weighted by Crippen LogP contribution is -2.29. The first kappa shape index (κ1) is 23.6. The van der Waals surface area contributed by atoms with Gasteiger partial charge in [0.05, 0.1) is 12.0 Å². The first-order valence-corrected chi connectivity index (χ1v) is 12.9. The molecule has 4 nitrogen and oxygen atoms in total. The van der Waals surface area contributed by atoms with Gasteiger partial charge in [0.25, 0.3) is 0 Å². The van der Waals surface area contributed by atoms with E-state index < -0.39 is 5.41 Å². The summed E-state index contributed by atoms with van der Waals surface area (Å²) in [6.45, 7) is 10.8. The van der Waals surface area contributed by atoms with Crippen molar-refractivity contribution < 1.29 is 19.0 Å². The van der Waals surface area contributed by atoms with Crippen molar-refractivity contribution in [2.24, 2.45) is 40.9 Å². The molecule has 0 amide bonds. The van der Waals surface area contributed by atoms with E-state index in [0.29, 0.717) is 5.75 Å². The summed E-state index contributed by atoms with van der Waals surface area (Å²) in [5.74, 6) is 6.24. The molecule has 0 aromatic heterocycles. The van der Waals surface area contributed by atoms with Crippen molar-refractivity contribution >= 4 is 5.97 Å². The highest BCUT2D eigenvalue weighted by Gasteiger charge is 2.53. The van der Waals surface area contributed by atoms with Crippen LogP contribution in [0.2, 0.25) is 0 Å². The van der Waals surface area contributed by atoms with Gasteiger partial charge in [-0.15, -0.1) is 0 Å². The second-order valence-corrected chi connectivity index (χ2v) is 11.4. The fourth-order valence-electron chi connectivity index (χ4n) is 6.35. The lowest BCUT2D eigenvalue weighted by Gasteiger charge is -2.32. The van der Waals surface area contributed by atoms with Crippen LogP contribution in [0.15, 0.2) is 24.3 Å². The fraction of sp³-hybridized carbons (Fsp3) is 0.750. The fourth-order valence-corrected chi connectivity index (χ4v) is 6.35. The Bertz CT molecular complexity index is 768. The van der Waals surface area contributed by atoms with Crippen LogP contribution >= 0.6 is 0 Å². The van der Waals surface area contributed by atoms with Crippen molar-refractivity contribution in [3.8, 4) is 11.5 Å². The summed E-state index contributed by atoms with van der Waals surface area (Å²) in [6.07, 6.45) is 8.98. The van der Waals surface area contributed by atoms with E-state index in [2.05, 4.69) is 13.8 Å². The number of fused-ring (bicyclic) bond motifs is 5. The minimum absolute atomic E-state index is 0.207. The van der Waals surface area contributed by atoms with Crippen LogP contribution in [0.1, 0.15) is 79.6 Å². The third-order valence-electron chi connectivity index (χ3n) is 8.60. The summed E-state index contributed by atoms with van der Waals surface area (Å²) >= 11 is 0. The first-order valence-electron chi connectivity index (χ1n) is 12.9. The maximum absolute atomic E-state index is 12.3. The number of carbonyl (C=O) groups is 1. The molecular weight excluding hydrogens is 400 g/mol. The van der Waals surface area contributed by atoms with Crippen LogP contribution in [0.3, 0.4) is 0 Å². The van der Waals surface area contributed by atoms with E-state index in [4.69, 9.17) is 14.2 Å². The highest BCUT2D eigenvalue weighted by atomic mass is 16.7. The lowest BCUT2D eigenvalue weighted by atomic mass is 9.75. The van der Waals surface area contributed by atoms with Gasteiger partial charge >= 0.3 is 5.97 Å². The second-order valence-electron chi connectivity index (χ2n) is 11.4. The van der Waals surface area contributed by atoms with E-state index >= 15 is 0 Å². The summed E-state index contributed by atoms with van der Waals surface area (Å²) in [4.78, 5) is 12.3. The highest BCUT2D eigenvalue weighted by Crippen LogP contribution is 2.61. The van der Waals surface area contributed by atoms with Gasteiger partial charge in [0.2, 0.25) is 6.29 Å². The standard InChI is InChI=1S/C28H42O4/c1-6-28(4,5)27(29)32-22-12-10-21(11-13-22)31-26(18(2)3)30-15-14-19-16-20-17-25(19)24-9-7-8-23(20)24/h10-13,18-20,23-26H,6-9,14-17H2,1-5H3. The SMILES string of the molecule is CCC(C)(C)C(=O)Oc1ccc(OC(OCCC2CC3CC2C2CCCC32)C(C)C)cc1. The molecule has 3 fully saturated rings. The average molecular weight is 443 g/mol. The van der Waals surface area contributed by atoms with Crippen LogP contribution in [0, 0.1) is 40.9 Å². The van der Waals surface area contributed by atoms with Crippen LogP contribution in [0.5, 0.6) is 11.5 Å². The highest BCUT2D eigenvalue weighted by molar-refractivity contribution is 5.78. The minimum atomic E-state index is -0.483. The lowest BCUT2D eigenvalue weighted by molar-refractivity contribution is -0.144. The molecule has 0 heterocycles. The molecule has 4 heteroatoms. The van der Waals surface area contributed by atoms with Gasteiger partial charge in [0.15, 0.2) is 0 Å². The molecule has 2 bridgehead atoms. The van der Waals surface area contributed by atoms with E-state index in [1.807, 2.05) is 32.9 Å². The zero-order chi connectivity index (χ0) is 22.9. The number of ether oxygens (including phenoxy) is 3. The molecular formula is C28H42O4. The topological polar surface area (TPSA) is 44.8 Å². The Morgan fingerprint density at radius 2 is 1.72 bits per heavy atom. The minimum Gasteiger partial charge on any atom is -0.465 e. The van der Waals surface area contributed by atoms with Crippen molar-refractivity contribution in [3.63, 3.8) is 0 Å². The number of esters is 1. The van der Waals surface area contributed by atoms with Crippen molar-refractivity contribution in [2.75, 3.05) is 6.61 Å². The first-order chi connectivity index (χ1) is 15.3. The molecule has 0 N–H and O–H groups in total. The zero-order valence-corrected chi connectivity index (χ0v) is 20.6. The number of hydrogen-bond donors (Lipinski definition) is 0. The summed E-state index contributed by atoms with van der Waals surface area (Å²) in [6, 6.07) is 7.31. The molecule has 32 heavy (non-hydrogen) atoms. The largest absolute Gasteiger partial charge is 0.465 e. The third kappa shape index (κ3) is 5.00. The summed E-state index contributed by atoms with van der Waals surface area (Å²) in [5, 5.41) is 0. The zero-order valence-electron chi connectivity index (χ0n) is 20.6. The number of rotatable bonds is 10. The van der Waals surface area contributed by atoms with Crippen molar-refractivity contribution in [1.82, 2.24) is 0 Å². The Labute approximate surface area is 194 Å². The van der Waals surface area contributed by atoms with E-state index in [0.717, 1.165) is 48.4 Å². The number of benzene rings is 1. The van der Waals surface area contributed by atoms with Crippen molar-refractivity contribution in [2.45, 2.75) is 85.9 Å². The van der Waals surface area contributed by atoms with Gasteiger partial charge in [-0.3, -0.25) is 4.79 Å². The molecule has 4 rings (SSSR count). The Morgan fingerprint density at radius 3 is 2.41 bits per heavy atom. The molecule has 6 unspecified atom stereocenters. The number of carbonyl (C=O) groups excluding carboxylic acids is 1. The van der Waals surface area contributed by atoms with Gasteiger partial charge in [-0.05, 0) is 106 Å². The smallest absolute Gasteiger partial charge is 0.316 e. The van der Waals surface area contributed by atoms with Gasteiger partial charge in [-0.1, -0.05) is 27.2 Å². The molecule has 6 atom stereocenters. The third-order valence-corrected chi connectivity index (χ3v) is 8.60. The van der Waals surface area contributed by atoms with E-state index in [1.165, 1.54) is 38.5 Å². The number of hydrogen-bond acceptors (Lipinski definition) is 4. The van der Waals surface area contributed by atoms with Gasteiger partial charge in [-0.25, -0.2) is 0 Å². The van der Waals surface area contributed by atoms with Crippen LogP contribution < -0.4 is 9.47 Å². The quantitative estimate of drug-likeness (QED) is 0.225. The monoisotopic (exact) mass is 442 g/mol. The Kier molecular flexibility index (Phi) is 7.19. The summed E-state index contributed by atoms with van der Waals surface area (Å²) < 4.78 is 17.9. The molecule has 3 saturated carbocycles. The van der Waals surface area contributed by atoms with Gasteiger partial charge in [0, 0.05) is 5.92 Å². The molecule has 3 aliphatic rings. The molecule has 0 saturated heterocycles. The summed E-state index contributed by atoms with van der Waals surface area (Å²) in [5.41, 5.74) is -0.483. The van der Waals surface area contributed by atoms with Crippen LogP contribution in [0.25, 0.3) is 0 Å². The molecule has 1 aromatic carbocycles. The van der Waals surface area contributed by atoms with Crippen LogP contribution in [-0.2, 0) is 9.53 Å². The Hall–Kier alpha value is -1.55. The predicted octanol–water partition coefficient (Wildman–Crippen LogP) is 6.87. The molecule has 178 valence electrons. The predicted molar refractivity (Wildman–Crippen MR) is 127 cm³/mol. The van der Waals surface area contributed by atoms with Crippen molar-refractivity contribution in [3.05, 3.63) is 24.3 Å². The van der Waals surface area contributed by atoms with Gasteiger partial charge in [-0.2, -0.15) is 0 Å². The van der Waals surface area contributed by atoms with E-state index in [1.54, 1.807) is 12.1 Å². The van der Waals surface area contributed by atoms with Gasteiger partial charge < -0.3 is 14.2 Å². The maximum atomic E-state index is 12.3. The van der Waals surface area contributed by atoms with Crippen LogP contribution in [0.4, 0.5) is 0 Å². The van der Waals surface area contributed by atoms with Gasteiger partial charge in [0.1, 0.15) is 11.5 Å². The molecule has 0 aliphatic heterocycles. The summed E-state index contributed by atoms with van der Waals surface area (Å²) in [7, 11) is 0. The van der Waals surface area contributed by atoms with Crippen molar-refractivity contribution in [1.29, 1.82) is 0 Å². The Morgan fingerprint density at radius 1 is 1.03 bits per heavy atom. The molecule has 1 aromatic rings. The molecule has 0 radical (unpaired) electrons. The van der Waals surface area contributed by atoms with E-state index in [-0.39, 0.29) is 18.2 Å². The van der Waals surface area contributed by atoms with Crippen LogP contribution in [-0.4, -0.2) is 18.9 Å². The molecule has 3 aliphatic carbocycles. The normalized spacial score (nSPS) is 29.9. The van der Waals surface area contributed by atoms with E-state index in [9.17, 15) is 4.79 Å². The second kappa shape index (κ2) is 9.75. The average Bonchev–Trinajstić information content (AvgIpc) is 3.48.